The average molecular weight is 114 g/mol. The van der Waals surface area contributed by atoms with Crippen LogP contribution in [0.1, 0.15) is 0 Å². The summed E-state index contributed by atoms with van der Waals surface area (Å²) in [6, 6.07) is 0. The Bertz CT molecular complexity index is 29.5. The number of hydrogen-bond acceptors (Lipinski definition) is 1. The molecule has 3 heteroatoms. The van der Waals surface area contributed by atoms with E-state index >= 15 is 0 Å². The molecule has 0 atom stereocenters. The average Bonchev–Trinajstić information content (AvgIpc) is 0.918. The van der Waals surface area contributed by atoms with Crippen molar-refractivity contribution in [1.29, 1.82) is 5.26 Å². The second-order valence-corrected chi connectivity index (χ2v) is 0.278. The molecule has 0 bridgehead atoms. The summed E-state index contributed by atoms with van der Waals surface area (Å²) in [4.78, 5) is 1.31. The monoisotopic (exact) mass is 113 g/mol. The van der Waals surface area contributed by atoms with Gasteiger partial charge in [-0.05, 0) is 0 Å². The molecule has 0 aliphatic rings. The first-order valence-corrected chi connectivity index (χ1v) is 0.845. The van der Waals surface area contributed by atoms with Crippen LogP contribution in [0.25, 0.3) is 0 Å². The summed E-state index contributed by atoms with van der Waals surface area (Å²) < 4.78 is 0. The van der Waals surface area contributed by atoms with Crippen LogP contribution in [0.15, 0.2) is 0 Å². The van der Waals surface area contributed by atoms with E-state index in [1.165, 1.54) is 4.97 Å². The Balaban J connectivity index is 0. The van der Waals surface area contributed by atoms with E-state index in [1.54, 1.807) is 0 Å². The molecule has 22 valence electrons. The molecule has 1 nitrogen and oxygen atoms in total. The van der Waals surface area contributed by atoms with E-state index in [2.05, 4.69) is 16.0 Å². The molecular weight excluding hydrogens is 113 g/mol. The van der Waals surface area contributed by atoms with Gasteiger partial charge in [0, 0.05) is 0 Å². The van der Waals surface area contributed by atoms with Gasteiger partial charge in [0.05, 0.1) is 0 Å². The van der Waals surface area contributed by atoms with Crippen LogP contribution in [0, 0.1) is 10.2 Å². The van der Waals surface area contributed by atoms with Gasteiger partial charge in [0.15, 0.2) is 0 Å². The molecule has 0 unspecified atom stereocenters. The summed E-state index contributed by atoms with van der Waals surface area (Å²) in [5.41, 5.74) is 0. The normalized spacial score (nSPS) is 2.25. The Morgan fingerprint density at radius 1 is 1.75 bits per heavy atom. The van der Waals surface area contributed by atoms with Crippen LogP contribution >= 0.6 is 0 Å². The summed E-state index contributed by atoms with van der Waals surface area (Å²) >= 11 is 3.81. The van der Waals surface area contributed by atoms with Gasteiger partial charge < -0.3 is 0 Å². The van der Waals surface area contributed by atoms with Crippen molar-refractivity contribution in [1.82, 2.24) is 0 Å². The number of nitriles is 1. The van der Waals surface area contributed by atoms with Gasteiger partial charge >= 0.3 is 55.8 Å². The molecule has 0 spiro atoms. The summed E-state index contributed by atoms with van der Waals surface area (Å²) in [5.74, 6) is 0. The van der Waals surface area contributed by atoms with Gasteiger partial charge in [-0.3, -0.25) is 0 Å². The molecule has 0 fully saturated rings. The van der Waals surface area contributed by atoms with E-state index in [-0.39, 0.29) is 29.6 Å². The molecule has 0 aromatic heterocycles. The molecular formula is CHCuNNa. The molecule has 0 rings (SSSR count). The van der Waals surface area contributed by atoms with Crippen molar-refractivity contribution in [2.75, 3.05) is 0 Å². The van der Waals surface area contributed by atoms with Crippen LogP contribution in [0.4, 0.5) is 0 Å². The fourth-order valence-corrected chi connectivity index (χ4v) is 0. The molecule has 0 aliphatic carbocycles. The molecule has 0 aliphatic heterocycles. The summed E-state index contributed by atoms with van der Waals surface area (Å²) in [6.07, 6.45) is 0. The van der Waals surface area contributed by atoms with E-state index in [1.807, 2.05) is 0 Å². The van der Waals surface area contributed by atoms with Crippen LogP contribution in [-0.2, 0) is 16.0 Å². The molecule has 0 N–H and O–H groups in total. The summed E-state index contributed by atoms with van der Waals surface area (Å²) in [7, 11) is 0. The zero-order valence-corrected chi connectivity index (χ0v) is 2.19. The molecule has 4 heavy (non-hydrogen) atoms. The minimum absolute atomic E-state index is 0. The number of hydrogen-bond donors (Lipinski definition) is 0. The van der Waals surface area contributed by atoms with Crippen molar-refractivity contribution in [2.24, 2.45) is 0 Å². The van der Waals surface area contributed by atoms with Gasteiger partial charge in [-0.25, -0.2) is 0 Å². The van der Waals surface area contributed by atoms with Gasteiger partial charge in [-0.15, -0.1) is 0 Å². The van der Waals surface area contributed by atoms with Crippen LogP contribution in [0.3, 0.4) is 0 Å². The topological polar surface area (TPSA) is 23.8 Å². The van der Waals surface area contributed by atoms with E-state index < -0.39 is 0 Å². The second kappa shape index (κ2) is 8.99. The molecule has 0 aromatic carbocycles. The predicted octanol–water partition coefficient (Wildman–Crippen LogP) is -0.634. The summed E-state index contributed by atoms with van der Waals surface area (Å²) in [5, 5.41) is 7.12. The Labute approximate surface area is 55.5 Å². The van der Waals surface area contributed by atoms with Crippen LogP contribution in [0.5, 0.6) is 0 Å². The van der Waals surface area contributed by atoms with Crippen molar-refractivity contribution in [3.8, 4) is 4.97 Å². The Kier molecular flexibility index (Phi) is 20.0. The first kappa shape index (κ1) is 8.89. The van der Waals surface area contributed by atoms with Crippen LogP contribution in [-0.4, -0.2) is 29.6 Å². The Morgan fingerprint density at radius 3 is 1.75 bits per heavy atom. The third-order valence-electron chi connectivity index (χ3n) is 0. The minimum atomic E-state index is 0. The fraction of sp³-hybridized carbons (Fsp3) is 0. The van der Waals surface area contributed by atoms with E-state index in [4.69, 9.17) is 5.26 Å². The molecule has 0 aromatic rings. The van der Waals surface area contributed by atoms with Crippen molar-refractivity contribution in [3.05, 3.63) is 0 Å². The molecule has 0 amide bonds. The molecule has 0 radical (unpaired) electrons. The third-order valence-corrected chi connectivity index (χ3v) is 0. The number of nitrogens with zero attached hydrogens (tertiary/aromatic N) is 1. The summed E-state index contributed by atoms with van der Waals surface area (Å²) in [6.45, 7) is 0. The zero-order chi connectivity index (χ0) is 2.71. The van der Waals surface area contributed by atoms with Gasteiger partial charge in [-0.2, -0.15) is 0 Å². The maximum atomic E-state index is 7.12. The molecule has 0 saturated heterocycles. The van der Waals surface area contributed by atoms with Crippen LogP contribution < -0.4 is 0 Å². The van der Waals surface area contributed by atoms with E-state index in [9.17, 15) is 0 Å². The van der Waals surface area contributed by atoms with E-state index in [0.29, 0.717) is 0 Å². The number of rotatable bonds is 0. The molecule has 0 heterocycles. The SMILES string of the molecule is N#[C][Cu].[NaH]. The van der Waals surface area contributed by atoms with Gasteiger partial charge in [0.2, 0.25) is 0 Å². The maximum absolute atomic E-state index is 7.12. The first-order valence-electron chi connectivity index (χ1n) is 0.374. The molecule has 0 saturated carbocycles. The zero-order valence-electron chi connectivity index (χ0n) is 1.25. The standard InChI is InChI=1S/CN.Cu.Na.H/c1-2;;;. The van der Waals surface area contributed by atoms with Gasteiger partial charge in [0.1, 0.15) is 0 Å². The van der Waals surface area contributed by atoms with Crippen molar-refractivity contribution in [2.45, 2.75) is 0 Å². The second-order valence-electron chi connectivity index (χ2n) is 0.0674. The van der Waals surface area contributed by atoms with Crippen molar-refractivity contribution in [3.63, 3.8) is 0 Å². The fourth-order valence-electron chi connectivity index (χ4n) is 0. The Hall–Kier alpha value is 1.01. The predicted molar refractivity (Wildman–Crippen MR) is 12.8 cm³/mol. The van der Waals surface area contributed by atoms with Gasteiger partial charge in [-0.1, -0.05) is 0 Å². The van der Waals surface area contributed by atoms with Crippen LogP contribution in [0.2, 0.25) is 0 Å². The van der Waals surface area contributed by atoms with Crippen molar-refractivity contribution < 1.29 is 16.0 Å². The van der Waals surface area contributed by atoms with E-state index in [0.717, 1.165) is 0 Å². The first-order chi connectivity index (χ1) is 1.41. The quantitative estimate of drug-likeness (QED) is 0.384. The third kappa shape index (κ3) is 11.9. The van der Waals surface area contributed by atoms with Crippen molar-refractivity contribution >= 4 is 29.6 Å². The van der Waals surface area contributed by atoms with Gasteiger partial charge in [0.25, 0.3) is 0 Å². The Morgan fingerprint density at radius 2 is 1.75 bits per heavy atom.